The van der Waals surface area contributed by atoms with Gasteiger partial charge < -0.3 is 25.2 Å². The second kappa shape index (κ2) is 12.4. The Balaban J connectivity index is 4.04. The smallest absolute Gasteiger partial charge is 0.354 e. The number of carbonyl (C=O) groups excluding carboxylic acids is 2. The second-order valence-corrected chi connectivity index (χ2v) is 6.53. The lowest BCUT2D eigenvalue weighted by Crippen LogP contribution is -2.62. The molecule has 1 atom stereocenters. The Morgan fingerprint density at radius 3 is 1.76 bits per heavy atom. The van der Waals surface area contributed by atoms with Gasteiger partial charge in [0.25, 0.3) is 0 Å². The molecule has 0 aliphatic carbocycles. The number of unbranched alkanes of at least 4 members (excludes halogenated alkanes) is 8. The number of hydrogen-bond acceptors (Lipinski definition) is 7. The SMILES string of the molecule is CCCCCCCCCCCC(=O)OC(=O)C(O)(CO)C(O)(O)CC. The minimum atomic E-state index is -2.95. The molecule has 7 heteroatoms. The van der Waals surface area contributed by atoms with Crippen LogP contribution < -0.4 is 0 Å². The van der Waals surface area contributed by atoms with Crippen molar-refractivity contribution in [2.24, 2.45) is 0 Å². The summed E-state index contributed by atoms with van der Waals surface area (Å²) in [5.41, 5.74) is -2.95. The average Bonchev–Trinajstić information content (AvgIpc) is 2.59. The largest absolute Gasteiger partial charge is 0.393 e. The summed E-state index contributed by atoms with van der Waals surface area (Å²) in [4.78, 5) is 23.4. The predicted octanol–water partition coefficient (Wildman–Crippen LogP) is 1.79. The Bertz CT molecular complexity index is 395. The van der Waals surface area contributed by atoms with Gasteiger partial charge in [0, 0.05) is 12.8 Å². The summed E-state index contributed by atoms with van der Waals surface area (Å²) in [6.07, 6.45) is 9.22. The molecule has 0 aliphatic heterocycles. The van der Waals surface area contributed by atoms with Crippen LogP contribution >= 0.6 is 0 Å². The molecule has 0 bridgehead atoms. The fraction of sp³-hybridized carbons (Fsp3) is 0.889. The molecule has 0 aliphatic rings. The molecule has 25 heavy (non-hydrogen) atoms. The van der Waals surface area contributed by atoms with Gasteiger partial charge in [-0.2, -0.15) is 0 Å². The molecule has 0 saturated carbocycles. The second-order valence-electron chi connectivity index (χ2n) is 6.53. The summed E-state index contributed by atoms with van der Waals surface area (Å²) in [6, 6.07) is 0. The first kappa shape index (κ1) is 24.0. The molecular formula is C18H34O7. The molecule has 0 saturated heterocycles. The van der Waals surface area contributed by atoms with Crippen molar-refractivity contribution >= 4 is 11.9 Å². The lowest BCUT2D eigenvalue weighted by molar-refractivity contribution is -0.282. The topological polar surface area (TPSA) is 124 Å². The van der Waals surface area contributed by atoms with Crippen molar-refractivity contribution in [3.05, 3.63) is 0 Å². The van der Waals surface area contributed by atoms with Gasteiger partial charge in [0.15, 0.2) is 0 Å². The van der Waals surface area contributed by atoms with E-state index in [1.807, 2.05) is 0 Å². The highest BCUT2D eigenvalue weighted by Crippen LogP contribution is 2.25. The van der Waals surface area contributed by atoms with E-state index in [4.69, 9.17) is 5.11 Å². The van der Waals surface area contributed by atoms with Crippen molar-refractivity contribution in [1.82, 2.24) is 0 Å². The van der Waals surface area contributed by atoms with Crippen LogP contribution in [0.4, 0.5) is 0 Å². The zero-order chi connectivity index (χ0) is 19.3. The van der Waals surface area contributed by atoms with E-state index in [9.17, 15) is 24.9 Å². The highest BCUT2D eigenvalue weighted by Gasteiger charge is 2.55. The summed E-state index contributed by atoms with van der Waals surface area (Å²) in [6.45, 7) is 2.21. The number of rotatable bonds is 14. The third-order valence-corrected chi connectivity index (χ3v) is 4.41. The number of esters is 2. The Labute approximate surface area is 150 Å². The van der Waals surface area contributed by atoms with Gasteiger partial charge in [-0.05, 0) is 6.42 Å². The van der Waals surface area contributed by atoms with Crippen molar-refractivity contribution in [2.45, 2.75) is 95.9 Å². The van der Waals surface area contributed by atoms with E-state index in [0.29, 0.717) is 6.42 Å². The molecule has 0 amide bonds. The first-order valence-corrected chi connectivity index (χ1v) is 9.28. The van der Waals surface area contributed by atoms with Gasteiger partial charge >= 0.3 is 11.9 Å². The van der Waals surface area contributed by atoms with Crippen LogP contribution in [0.1, 0.15) is 84.5 Å². The molecule has 7 nitrogen and oxygen atoms in total. The molecule has 0 radical (unpaired) electrons. The lowest BCUT2D eigenvalue weighted by Gasteiger charge is -2.34. The molecule has 0 aromatic carbocycles. The van der Waals surface area contributed by atoms with Gasteiger partial charge in [0.1, 0.15) is 0 Å². The van der Waals surface area contributed by atoms with Gasteiger partial charge in [-0.15, -0.1) is 0 Å². The Morgan fingerprint density at radius 2 is 1.32 bits per heavy atom. The quantitative estimate of drug-likeness (QED) is 0.161. The Hall–Kier alpha value is -1.02. The van der Waals surface area contributed by atoms with Crippen molar-refractivity contribution in [2.75, 3.05) is 6.61 Å². The van der Waals surface area contributed by atoms with E-state index < -0.39 is 36.4 Å². The van der Waals surface area contributed by atoms with Crippen LogP contribution in [0.5, 0.6) is 0 Å². The maximum atomic E-state index is 11.8. The molecule has 0 aromatic heterocycles. The summed E-state index contributed by atoms with van der Waals surface area (Å²) >= 11 is 0. The monoisotopic (exact) mass is 362 g/mol. The highest BCUT2D eigenvalue weighted by atomic mass is 16.6. The third kappa shape index (κ3) is 8.27. The Kier molecular flexibility index (Phi) is 11.8. The van der Waals surface area contributed by atoms with E-state index in [0.717, 1.165) is 19.3 Å². The molecule has 0 aromatic rings. The summed E-state index contributed by atoms with van der Waals surface area (Å²) < 4.78 is 4.46. The maximum absolute atomic E-state index is 11.8. The van der Waals surface area contributed by atoms with E-state index in [2.05, 4.69) is 11.7 Å². The van der Waals surface area contributed by atoms with Gasteiger partial charge in [0.05, 0.1) is 6.61 Å². The standard InChI is InChI=1S/C18H34O7/c1-3-5-6-7-8-9-10-11-12-13-15(20)25-16(21)17(22,14-19)18(23,24)4-2/h19,22-24H,3-14H2,1-2H3. The normalized spacial score (nSPS) is 14.2. The van der Waals surface area contributed by atoms with Gasteiger partial charge in [-0.3, -0.25) is 4.79 Å². The molecule has 0 heterocycles. The number of aliphatic hydroxyl groups excluding tert-OH is 1. The Morgan fingerprint density at radius 1 is 0.840 bits per heavy atom. The first-order chi connectivity index (χ1) is 11.7. The van der Waals surface area contributed by atoms with Crippen molar-refractivity contribution in [3.8, 4) is 0 Å². The number of aliphatic hydroxyl groups is 4. The molecule has 0 rings (SSSR count). The van der Waals surface area contributed by atoms with Crippen LogP contribution in [0.2, 0.25) is 0 Å². The van der Waals surface area contributed by atoms with Crippen LogP contribution in [-0.2, 0) is 14.3 Å². The molecule has 148 valence electrons. The fourth-order valence-corrected chi connectivity index (χ4v) is 2.47. The van der Waals surface area contributed by atoms with Crippen molar-refractivity contribution in [1.29, 1.82) is 0 Å². The summed E-state index contributed by atoms with van der Waals surface area (Å²) in [7, 11) is 0. The van der Waals surface area contributed by atoms with E-state index in [1.165, 1.54) is 39.0 Å². The minimum absolute atomic E-state index is 0.000927. The van der Waals surface area contributed by atoms with Crippen LogP contribution in [0, 0.1) is 0 Å². The van der Waals surface area contributed by atoms with Gasteiger partial charge in [-0.25, -0.2) is 4.79 Å². The summed E-state index contributed by atoms with van der Waals surface area (Å²) in [5, 5.41) is 38.2. The van der Waals surface area contributed by atoms with Crippen LogP contribution in [-0.4, -0.2) is 50.4 Å². The van der Waals surface area contributed by atoms with Crippen molar-refractivity contribution in [3.63, 3.8) is 0 Å². The van der Waals surface area contributed by atoms with E-state index in [1.54, 1.807) is 0 Å². The highest BCUT2D eigenvalue weighted by molar-refractivity contribution is 5.91. The van der Waals surface area contributed by atoms with Gasteiger partial charge in [-0.1, -0.05) is 65.2 Å². The average molecular weight is 362 g/mol. The third-order valence-electron chi connectivity index (χ3n) is 4.41. The number of ether oxygens (including phenoxy) is 1. The number of hydrogen-bond donors (Lipinski definition) is 4. The molecule has 1 unspecified atom stereocenters. The first-order valence-electron chi connectivity index (χ1n) is 9.28. The molecule has 0 fully saturated rings. The molecule has 4 N–H and O–H groups in total. The number of carbonyl (C=O) groups is 2. The summed E-state index contributed by atoms with van der Waals surface area (Å²) in [5.74, 6) is -5.29. The van der Waals surface area contributed by atoms with Gasteiger partial charge in [0.2, 0.25) is 11.4 Å². The zero-order valence-electron chi connectivity index (χ0n) is 15.5. The zero-order valence-corrected chi connectivity index (χ0v) is 15.5. The predicted molar refractivity (Wildman–Crippen MR) is 92.4 cm³/mol. The van der Waals surface area contributed by atoms with E-state index in [-0.39, 0.29) is 6.42 Å². The van der Waals surface area contributed by atoms with E-state index >= 15 is 0 Å². The van der Waals surface area contributed by atoms with Crippen LogP contribution in [0.15, 0.2) is 0 Å². The maximum Gasteiger partial charge on any atom is 0.354 e. The molecular weight excluding hydrogens is 328 g/mol. The van der Waals surface area contributed by atoms with Crippen molar-refractivity contribution < 1.29 is 34.8 Å². The fourth-order valence-electron chi connectivity index (χ4n) is 2.47. The lowest BCUT2D eigenvalue weighted by atomic mass is 9.91. The molecule has 0 spiro atoms. The van der Waals surface area contributed by atoms with Crippen LogP contribution in [0.25, 0.3) is 0 Å². The van der Waals surface area contributed by atoms with Crippen LogP contribution in [0.3, 0.4) is 0 Å². The minimum Gasteiger partial charge on any atom is -0.393 e.